The van der Waals surface area contributed by atoms with Crippen LogP contribution in [0.15, 0.2) is 30.3 Å². The van der Waals surface area contributed by atoms with Crippen molar-refractivity contribution in [1.29, 1.82) is 0 Å². The first-order valence-corrected chi connectivity index (χ1v) is 8.16. The molecule has 2 rings (SSSR count). The van der Waals surface area contributed by atoms with E-state index in [9.17, 15) is 0 Å². The minimum absolute atomic E-state index is 0.234. The van der Waals surface area contributed by atoms with Crippen molar-refractivity contribution in [3.63, 3.8) is 0 Å². The highest BCUT2D eigenvalue weighted by Gasteiger charge is 2.34. The van der Waals surface area contributed by atoms with Gasteiger partial charge in [0.05, 0.1) is 0 Å². The zero-order chi connectivity index (χ0) is 15.1. The van der Waals surface area contributed by atoms with Crippen LogP contribution in [0.25, 0.3) is 0 Å². The molecule has 2 nitrogen and oxygen atoms in total. The number of hydrogen-bond donors (Lipinski definition) is 1. The summed E-state index contributed by atoms with van der Waals surface area (Å²) >= 11 is 0. The summed E-state index contributed by atoms with van der Waals surface area (Å²) in [5.74, 6) is 2.74. The van der Waals surface area contributed by atoms with Crippen LogP contribution in [-0.2, 0) is 0 Å². The van der Waals surface area contributed by atoms with Crippen molar-refractivity contribution in [2.75, 3.05) is 19.6 Å². The number of piperazine rings is 1. The third-order valence-corrected chi connectivity index (χ3v) is 4.70. The molecule has 1 saturated heterocycles. The summed E-state index contributed by atoms with van der Waals surface area (Å²) < 4.78 is 0. The van der Waals surface area contributed by atoms with Gasteiger partial charge in [0.25, 0.3) is 0 Å². The lowest BCUT2D eigenvalue weighted by Gasteiger charge is -2.46. The summed E-state index contributed by atoms with van der Waals surface area (Å²) in [4.78, 5) is 2.64. The lowest BCUT2D eigenvalue weighted by Crippen LogP contribution is -2.59. The van der Waals surface area contributed by atoms with E-state index >= 15 is 0 Å². The van der Waals surface area contributed by atoms with Crippen molar-refractivity contribution in [2.24, 2.45) is 0 Å². The van der Waals surface area contributed by atoms with Crippen LogP contribution in [0.5, 0.6) is 0 Å². The van der Waals surface area contributed by atoms with Crippen molar-refractivity contribution >= 4 is 0 Å². The molecule has 1 heterocycles. The molecule has 1 N–H and O–H groups in total. The first-order chi connectivity index (χ1) is 10.2. The monoisotopic (exact) mass is 284 g/mol. The van der Waals surface area contributed by atoms with E-state index in [0.717, 1.165) is 38.9 Å². The molecule has 0 bridgehead atoms. The molecule has 1 aromatic carbocycles. The van der Waals surface area contributed by atoms with Gasteiger partial charge in [-0.1, -0.05) is 37.3 Å². The Bertz CT molecular complexity index is 462. The maximum Gasteiger partial charge on any atom is 0.0473 e. The summed E-state index contributed by atoms with van der Waals surface area (Å²) in [7, 11) is 0. The Hall–Kier alpha value is -1.30. The second-order valence-electron chi connectivity index (χ2n) is 6.35. The Morgan fingerprint density at radius 2 is 2.10 bits per heavy atom. The lowest BCUT2D eigenvalue weighted by atomic mass is 9.91. The molecule has 2 heteroatoms. The van der Waals surface area contributed by atoms with Gasteiger partial charge in [-0.3, -0.25) is 4.90 Å². The highest BCUT2D eigenvalue weighted by molar-refractivity contribution is 5.21. The van der Waals surface area contributed by atoms with Gasteiger partial charge < -0.3 is 5.32 Å². The van der Waals surface area contributed by atoms with Gasteiger partial charge >= 0.3 is 0 Å². The third-order valence-electron chi connectivity index (χ3n) is 4.70. The zero-order valence-corrected chi connectivity index (χ0v) is 13.4. The smallest absolute Gasteiger partial charge is 0.0473 e. The highest BCUT2D eigenvalue weighted by atomic mass is 15.2. The predicted octanol–water partition coefficient (Wildman–Crippen LogP) is 3.61. The maximum atomic E-state index is 5.36. The van der Waals surface area contributed by atoms with E-state index in [0.29, 0.717) is 6.04 Å². The predicted molar refractivity (Wildman–Crippen MR) is 90.1 cm³/mol. The Morgan fingerprint density at radius 1 is 1.33 bits per heavy atom. The Labute approximate surface area is 129 Å². The van der Waals surface area contributed by atoms with Crippen LogP contribution in [0.3, 0.4) is 0 Å². The number of nitrogens with one attached hydrogen (secondary N) is 1. The standard InChI is InChI=1S/C19H28N2/c1-4-6-7-11-14-21-16-19(3,5-2)20-15-18(21)17-12-9-8-10-13-17/h1,8-10,12-13,18,20H,5-7,11,14-16H2,2-3H3. The molecule has 0 aromatic heterocycles. The number of benzene rings is 1. The van der Waals surface area contributed by atoms with Crippen molar-refractivity contribution in [3.05, 3.63) is 35.9 Å². The SMILES string of the molecule is C#CCCCCN1CC(C)(CC)NCC1c1ccccc1. The van der Waals surface area contributed by atoms with Crippen LogP contribution < -0.4 is 5.32 Å². The van der Waals surface area contributed by atoms with Crippen molar-refractivity contribution in [1.82, 2.24) is 10.2 Å². The number of hydrogen-bond acceptors (Lipinski definition) is 2. The lowest BCUT2D eigenvalue weighted by molar-refractivity contribution is 0.0825. The van der Waals surface area contributed by atoms with Gasteiger partial charge in [0.1, 0.15) is 0 Å². The van der Waals surface area contributed by atoms with E-state index in [-0.39, 0.29) is 5.54 Å². The largest absolute Gasteiger partial charge is 0.308 e. The topological polar surface area (TPSA) is 15.3 Å². The fraction of sp³-hybridized carbons (Fsp3) is 0.579. The van der Waals surface area contributed by atoms with Crippen LogP contribution in [0.4, 0.5) is 0 Å². The van der Waals surface area contributed by atoms with E-state index in [1.54, 1.807) is 0 Å². The summed E-state index contributed by atoms with van der Waals surface area (Å²) in [5, 5.41) is 3.75. The molecule has 0 radical (unpaired) electrons. The Morgan fingerprint density at radius 3 is 2.76 bits per heavy atom. The van der Waals surface area contributed by atoms with Crippen molar-refractivity contribution in [2.45, 2.75) is 51.1 Å². The van der Waals surface area contributed by atoms with Gasteiger partial charge in [-0.25, -0.2) is 0 Å². The second-order valence-corrected chi connectivity index (χ2v) is 6.35. The van der Waals surface area contributed by atoms with Gasteiger partial charge in [0.2, 0.25) is 0 Å². The zero-order valence-electron chi connectivity index (χ0n) is 13.4. The molecule has 1 aliphatic heterocycles. The van der Waals surface area contributed by atoms with Gasteiger partial charge in [-0.05, 0) is 38.3 Å². The van der Waals surface area contributed by atoms with Crippen molar-refractivity contribution < 1.29 is 0 Å². The molecule has 1 aliphatic rings. The van der Waals surface area contributed by atoms with E-state index in [1.165, 1.54) is 12.0 Å². The molecule has 1 aromatic rings. The van der Waals surface area contributed by atoms with Crippen LogP contribution in [0, 0.1) is 12.3 Å². The fourth-order valence-corrected chi connectivity index (χ4v) is 3.10. The molecule has 21 heavy (non-hydrogen) atoms. The molecule has 0 aliphatic carbocycles. The maximum absolute atomic E-state index is 5.36. The number of rotatable bonds is 6. The molecule has 114 valence electrons. The van der Waals surface area contributed by atoms with Crippen LogP contribution in [0.2, 0.25) is 0 Å². The first-order valence-electron chi connectivity index (χ1n) is 8.16. The molecule has 2 atom stereocenters. The molecular weight excluding hydrogens is 256 g/mol. The number of terminal acetylenes is 1. The quantitative estimate of drug-likeness (QED) is 0.634. The van der Waals surface area contributed by atoms with Gasteiger partial charge in [-0.2, -0.15) is 0 Å². The molecule has 0 spiro atoms. The van der Waals surface area contributed by atoms with Gasteiger partial charge in [0.15, 0.2) is 0 Å². The van der Waals surface area contributed by atoms with Crippen molar-refractivity contribution in [3.8, 4) is 12.3 Å². The number of unbranched alkanes of at least 4 members (excludes halogenated alkanes) is 2. The van der Waals surface area contributed by atoms with E-state index in [4.69, 9.17) is 6.42 Å². The van der Waals surface area contributed by atoms with Crippen LogP contribution in [0.1, 0.15) is 51.1 Å². The molecular formula is C19H28N2. The summed E-state index contributed by atoms with van der Waals surface area (Å²) in [6.45, 7) is 7.89. The molecule has 0 amide bonds. The highest BCUT2D eigenvalue weighted by Crippen LogP contribution is 2.28. The minimum Gasteiger partial charge on any atom is -0.308 e. The molecule has 0 saturated carbocycles. The van der Waals surface area contributed by atoms with E-state index in [1.807, 2.05) is 0 Å². The van der Waals surface area contributed by atoms with E-state index in [2.05, 4.69) is 60.3 Å². The second kappa shape index (κ2) is 7.64. The first kappa shape index (κ1) is 16.1. The number of nitrogens with zero attached hydrogens (tertiary/aromatic N) is 1. The fourth-order valence-electron chi connectivity index (χ4n) is 3.10. The average Bonchev–Trinajstić information content (AvgIpc) is 2.53. The summed E-state index contributed by atoms with van der Waals surface area (Å²) in [6, 6.07) is 11.3. The Kier molecular flexibility index (Phi) is 5.85. The minimum atomic E-state index is 0.234. The normalized spacial score (nSPS) is 26.4. The Balaban J connectivity index is 2.05. The van der Waals surface area contributed by atoms with Gasteiger partial charge in [-0.15, -0.1) is 12.3 Å². The van der Waals surface area contributed by atoms with Crippen LogP contribution >= 0.6 is 0 Å². The summed E-state index contributed by atoms with van der Waals surface area (Å²) in [6.07, 6.45) is 9.73. The average molecular weight is 284 g/mol. The summed E-state index contributed by atoms with van der Waals surface area (Å²) in [5.41, 5.74) is 1.65. The molecule has 2 unspecified atom stereocenters. The van der Waals surface area contributed by atoms with Gasteiger partial charge in [0, 0.05) is 31.1 Å². The van der Waals surface area contributed by atoms with E-state index < -0.39 is 0 Å². The molecule has 1 fully saturated rings. The van der Waals surface area contributed by atoms with Crippen LogP contribution in [-0.4, -0.2) is 30.1 Å². The third kappa shape index (κ3) is 4.33.